The molecule has 1 fully saturated rings. The fourth-order valence-electron chi connectivity index (χ4n) is 1.67. The van der Waals surface area contributed by atoms with Crippen molar-refractivity contribution in [2.45, 2.75) is 32.6 Å². The highest BCUT2D eigenvalue weighted by Crippen LogP contribution is 2.18. The van der Waals surface area contributed by atoms with Crippen LogP contribution in [0.5, 0.6) is 0 Å². The van der Waals surface area contributed by atoms with E-state index >= 15 is 0 Å². The summed E-state index contributed by atoms with van der Waals surface area (Å²) in [5, 5.41) is 3.41. The monoisotopic (exact) mass is 187 g/mol. The Labute approximate surface area is 80.7 Å². The number of piperidine rings is 1. The third-order valence-corrected chi connectivity index (χ3v) is 3.70. The fourth-order valence-corrected chi connectivity index (χ4v) is 2.66. The van der Waals surface area contributed by atoms with Gasteiger partial charge in [-0.1, -0.05) is 6.92 Å². The van der Waals surface area contributed by atoms with Gasteiger partial charge in [0.1, 0.15) is 0 Å². The van der Waals surface area contributed by atoms with Gasteiger partial charge in [-0.15, -0.1) is 0 Å². The minimum atomic E-state index is 1.02. The molecule has 0 amide bonds. The van der Waals surface area contributed by atoms with Crippen LogP contribution in [-0.4, -0.2) is 24.6 Å². The molecule has 0 radical (unpaired) electrons. The Kier molecular flexibility index (Phi) is 5.88. The number of hydrogen-bond acceptors (Lipinski definition) is 2. The maximum absolute atomic E-state index is 3.41. The van der Waals surface area contributed by atoms with Gasteiger partial charge in [0.2, 0.25) is 0 Å². The van der Waals surface area contributed by atoms with Gasteiger partial charge in [0.25, 0.3) is 0 Å². The summed E-state index contributed by atoms with van der Waals surface area (Å²) in [6.45, 7) is 4.77. The predicted molar refractivity (Wildman–Crippen MR) is 57.8 cm³/mol. The molecule has 1 aliphatic heterocycles. The molecule has 0 aromatic carbocycles. The first-order valence-corrected chi connectivity index (χ1v) is 6.37. The van der Waals surface area contributed by atoms with Crippen molar-refractivity contribution >= 4 is 11.8 Å². The Morgan fingerprint density at radius 3 is 2.67 bits per heavy atom. The van der Waals surface area contributed by atoms with Crippen LogP contribution in [0.1, 0.15) is 32.6 Å². The Balaban J connectivity index is 1.91. The Morgan fingerprint density at radius 2 is 2.00 bits per heavy atom. The van der Waals surface area contributed by atoms with E-state index in [0.29, 0.717) is 0 Å². The molecule has 0 bridgehead atoms. The molecular weight excluding hydrogens is 166 g/mol. The van der Waals surface area contributed by atoms with Crippen LogP contribution >= 0.6 is 11.8 Å². The lowest BCUT2D eigenvalue weighted by Crippen LogP contribution is -2.27. The average Bonchev–Trinajstić information content (AvgIpc) is 2.14. The molecule has 0 aliphatic carbocycles. The first-order valence-electron chi connectivity index (χ1n) is 5.22. The van der Waals surface area contributed by atoms with Crippen LogP contribution in [0, 0.1) is 5.92 Å². The summed E-state index contributed by atoms with van der Waals surface area (Å²) in [7, 11) is 0. The molecule has 0 unspecified atom stereocenters. The molecule has 1 N–H and O–H groups in total. The van der Waals surface area contributed by atoms with Crippen molar-refractivity contribution < 1.29 is 0 Å². The highest BCUT2D eigenvalue weighted by molar-refractivity contribution is 7.99. The summed E-state index contributed by atoms with van der Waals surface area (Å²) in [6.07, 6.45) is 5.60. The Bertz CT molecular complexity index is 100. The van der Waals surface area contributed by atoms with E-state index in [4.69, 9.17) is 0 Å². The molecule has 2 heteroatoms. The molecule has 72 valence electrons. The normalized spacial score (nSPS) is 19.8. The lowest BCUT2D eigenvalue weighted by atomic mass is 9.96. The van der Waals surface area contributed by atoms with Crippen LogP contribution in [-0.2, 0) is 0 Å². The smallest absolute Gasteiger partial charge is 0.00463 e. The Morgan fingerprint density at radius 1 is 1.25 bits per heavy atom. The first kappa shape index (κ1) is 10.4. The second-order valence-electron chi connectivity index (χ2n) is 3.59. The maximum Gasteiger partial charge on any atom is -0.00463 e. The zero-order valence-corrected chi connectivity index (χ0v) is 8.96. The van der Waals surface area contributed by atoms with Gasteiger partial charge in [-0.2, -0.15) is 11.8 Å². The van der Waals surface area contributed by atoms with Crippen molar-refractivity contribution in [3.63, 3.8) is 0 Å². The van der Waals surface area contributed by atoms with E-state index in [0.717, 1.165) is 5.92 Å². The van der Waals surface area contributed by atoms with Gasteiger partial charge in [-0.3, -0.25) is 0 Å². The predicted octanol–water partition coefficient (Wildman–Crippen LogP) is 2.52. The molecule has 1 aliphatic rings. The minimum absolute atomic E-state index is 1.02. The number of hydrogen-bond donors (Lipinski definition) is 1. The van der Waals surface area contributed by atoms with E-state index in [1.54, 1.807) is 0 Å². The third kappa shape index (κ3) is 4.36. The molecule has 0 atom stereocenters. The number of thioether (sulfide) groups is 1. The van der Waals surface area contributed by atoms with Gasteiger partial charge >= 0.3 is 0 Å². The molecule has 1 nitrogen and oxygen atoms in total. The molecular formula is C10H21NS. The van der Waals surface area contributed by atoms with Crippen LogP contribution in [0.4, 0.5) is 0 Å². The van der Waals surface area contributed by atoms with Crippen LogP contribution in [0.15, 0.2) is 0 Å². The largest absolute Gasteiger partial charge is 0.317 e. The topological polar surface area (TPSA) is 12.0 Å². The third-order valence-electron chi connectivity index (χ3n) is 2.48. The van der Waals surface area contributed by atoms with Crippen molar-refractivity contribution in [3.8, 4) is 0 Å². The van der Waals surface area contributed by atoms with Crippen LogP contribution < -0.4 is 5.32 Å². The standard InChI is InChI=1S/C10H21NS/c1-2-8-12-9-5-10-3-6-11-7-4-10/h10-11H,2-9H2,1H3. The zero-order valence-electron chi connectivity index (χ0n) is 8.14. The number of nitrogens with one attached hydrogen (secondary N) is 1. The van der Waals surface area contributed by atoms with Crippen LogP contribution in [0.3, 0.4) is 0 Å². The van der Waals surface area contributed by atoms with Gasteiger partial charge in [-0.05, 0) is 56.2 Å². The molecule has 1 rings (SSSR count). The fraction of sp³-hybridized carbons (Fsp3) is 1.00. The maximum atomic E-state index is 3.41. The van der Waals surface area contributed by atoms with Gasteiger partial charge in [0, 0.05) is 0 Å². The van der Waals surface area contributed by atoms with Crippen molar-refractivity contribution in [3.05, 3.63) is 0 Å². The lowest BCUT2D eigenvalue weighted by molar-refractivity contribution is 0.367. The van der Waals surface area contributed by atoms with Crippen LogP contribution in [0.25, 0.3) is 0 Å². The van der Waals surface area contributed by atoms with Gasteiger partial charge in [0.15, 0.2) is 0 Å². The van der Waals surface area contributed by atoms with E-state index < -0.39 is 0 Å². The first-order chi connectivity index (χ1) is 5.93. The van der Waals surface area contributed by atoms with Crippen molar-refractivity contribution in [1.29, 1.82) is 0 Å². The van der Waals surface area contributed by atoms with E-state index in [1.165, 1.54) is 50.3 Å². The molecule has 0 saturated carbocycles. The molecule has 0 aromatic heterocycles. The second-order valence-corrected chi connectivity index (χ2v) is 4.82. The lowest BCUT2D eigenvalue weighted by Gasteiger charge is -2.22. The molecule has 0 aromatic rings. The van der Waals surface area contributed by atoms with E-state index in [9.17, 15) is 0 Å². The average molecular weight is 187 g/mol. The SMILES string of the molecule is CCCSCCC1CCNCC1. The molecule has 12 heavy (non-hydrogen) atoms. The summed E-state index contributed by atoms with van der Waals surface area (Å²) in [5.74, 6) is 3.76. The van der Waals surface area contributed by atoms with Gasteiger partial charge in [0.05, 0.1) is 0 Å². The summed E-state index contributed by atoms with van der Waals surface area (Å²) in [6, 6.07) is 0. The summed E-state index contributed by atoms with van der Waals surface area (Å²) >= 11 is 2.13. The van der Waals surface area contributed by atoms with Crippen molar-refractivity contribution in [2.75, 3.05) is 24.6 Å². The highest BCUT2D eigenvalue weighted by atomic mass is 32.2. The van der Waals surface area contributed by atoms with E-state index in [1.807, 2.05) is 0 Å². The Hall–Kier alpha value is 0.310. The quantitative estimate of drug-likeness (QED) is 0.664. The van der Waals surface area contributed by atoms with Gasteiger partial charge < -0.3 is 5.32 Å². The summed E-state index contributed by atoms with van der Waals surface area (Å²) in [4.78, 5) is 0. The van der Waals surface area contributed by atoms with E-state index in [2.05, 4.69) is 24.0 Å². The van der Waals surface area contributed by atoms with Gasteiger partial charge in [-0.25, -0.2) is 0 Å². The van der Waals surface area contributed by atoms with Crippen molar-refractivity contribution in [2.24, 2.45) is 5.92 Å². The molecule has 1 saturated heterocycles. The van der Waals surface area contributed by atoms with Crippen molar-refractivity contribution in [1.82, 2.24) is 5.32 Å². The summed E-state index contributed by atoms with van der Waals surface area (Å²) < 4.78 is 0. The summed E-state index contributed by atoms with van der Waals surface area (Å²) in [5.41, 5.74) is 0. The van der Waals surface area contributed by atoms with Crippen LogP contribution in [0.2, 0.25) is 0 Å². The highest BCUT2D eigenvalue weighted by Gasteiger charge is 2.11. The minimum Gasteiger partial charge on any atom is -0.317 e. The molecule has 0 spiro atoms. The molecule has 1 heterocycles. The van der Waals surface area contributed by atoms with E-state index in [-0.39, 0.29) is 0 Å². The zero-order chi connectivity index (χ0) is 8.65. The second kappa shape index (κ2) is 6.79. The number of rotatable bonds is 5.